The van der Waals surface area contributed by atoms with Crippen molar-refractivity contribution in [2.24, 2.45) is 5.10 Å². The number of amides is 1. The Kier molecular flexibility index (Phi) is 5.35. The Labute approximate surface area is 147 Å². The van der Waals surface area contributed by atoms with E-state index in [-0.39, 0.29) is 17.2 Å². The van der Waals surface area contributed by atoms with Crippen LogP contribution in [0.25, 0.3) is 10.9 Å². The van der Waals surface area contributed by atoms with E-state index in [1.165, 1.54) is 17.8 Å². The fraction of sp³-hybridized carbons (Fsp3) is 0.0556. The van der Waals surface area contributed by atoms with E-state index in [1.54, 1.807) is 6.20 Å². The van der Waals surface area contributed by atoms with Crippen molar-refractivity contribution in [2.45, 2.75) is 4.90 Å². The van der Waals surface area contributed by atoms with Crippen LogP contribution in [0.5, 0.6) is 0 Å². The van der Waals surface area contributed by atoms with Crippen LogP contribution in [0.15, 0.2) is 64.7 Å². The summed E-state index contributed by atoms with van der Waals surface area (Å²) in [6.45, 7) is 0. The van der Waals surface area contributed by atoms with Gasteiger partial charge in [0.25, 0.3) is 0 Å². The first-order valence-corrected chi connectivity index (χ1v) is 8.35. The molecule has 0 saturated carbocycles. The summed E-state index contributed by atoms with van der Waals surface area (Å²) < 4.78 is 26.2. The lowest BCUT2D eigenvalue weighted by molar-refractivity contribution is -0.118. The number of fused-ring (bicyclic) bond motifs is 1. The number of rotatable bonds is 5. The van der Waals surface area contributed by atoms with Crippen molar-refractivity contribution in [3.05, 3.63) is 71.9 Å². The van der Waals surface area contributed by atoms with Crippen molar-refractivity contribution in [3.8, 4) is 0 Å². The standard InChI is InChI=1S/C18H13F2N3OS/c19-14-7-6-13(15(20)9-14)10-22-23-17(24)11-25-16-5-1-3-12-4-2-8-21-18(12)16/h1-10H,11H2,(H,23,24)/b22-10-. The number of nitrogens with one attached hydrogen (secondary N) is 1. The van der Waals surface area contributed by atoms with Gasteiger partial charge in [0.1, 0.15) is 11.6 Å². The number of benzene rings is 2. The van der Waals surface area contributed by atoms with E-state index >= 15 is 0 Å². The van der Waals surface area contributed by atoms with E-state index in [0.29, 0.717) is 0 Å². The molecule has 1 heterocycles. The Bertz CT molecular complexity index is 941. The molecule has 0 aliphatic heterocycles. The topological polar surface area (TPSA) is 54.4 Å². The molecular weight excluding hydrogens is 344 g/mol. The molecule has 0 spiro atoms. The van der Waals surface area contributed by atoms with Gasteiger partial charge in [-0.15, -0.1) is 11.8 Å². The fourth-order valence-electron chi connectivity index (χ4n) is 2.15. The highest BCUT2D eigenvalue weighted by atomic mass is 32.2. The van der Waals surface area contributed by atoms with Crippen LogP contribution in [0.2, 0.25) is 0 Å². The summed E-state index contributed by atoms with van der Waals surface area (Å²) in [5, 5.41) is 4.69. The summed E-state index contributed by atoms with van der Waals surface area (Å²) >= 11 is 1.34. The number of carbonyl (C=O) groups excluding carboxylic acids is 1. The molecule has 3 aromatic rings. The Balaban J connectivity index is 1.58. The average Bonchev–Trinajstić information content (AvgIpc) is 2.62. The summed E-state index contributed by atoms with van der Waals surface area (Å²) in [5.74, 6) is -1.61. The van der Waals surface area contributed by atoms with Gasteiger partial charge in [0.2, 0.25) is 5.91 Å². The van der Waals surface area contributed by atoms with Crippen LogP contribution >= 0.6 is 11.8 Å². The molecule has 1 N–H and O–H groups in total. The van der Waals surface area contributed by atoms with Gasteiger partial charge in [-0.1, -0.05) is 18.2 Å². The van der Waals surface area contributed by atoms with Crippen LogP contribution in [0.3, 0.4) is 0 Å². The third-order valence-corrected chi connectivity index (χ3v) is 4.36. The quantitative estimate of drug-likeness (QED) is 0.430. The predicted octanol–water partition coefficient (Wildman–Crippen LogP) is 3.76. The van der Waals surface area contributed by atoms with Gasteiger partial charge in [0.05, 0.1) is 17.5 Å². The van der Waals surface area contributed by atoms with Gasteiger partial charge in [0.15, 0.2) is 0 Å². The van der Waals surface area contributed by atoms with E-state index in [0.717, 1.165) is 34.1 Å². The molecule has 0 fully saturated rings. The first-order valence-electron chi connectivity index (χ1n) is 7.37. The number of nitrogens with zero attached hydrogens (tertiary/aromatic N) is 2. The third kappa shape index (κ3) is 4.39. The molecule has 7 heteroatoms. The van der Waals surface area contributed by atoms with Crippen LogP contribution in [0.1, 0.15) is 5.56 Å². The zero-order chi connectivity index (χ0) is 17.6. The number of thioether (sulfide) groups is 1. The minimum absolute atomic E-state index is 0.0904. The Morgan fingerprint density at radius 1 is 1.20 bits per heavy atom. The molecule has 2 aromatic carbocycles. The second-order valence-corrected chi connectivity index (χ2v) is 6.10. The van der Waals surface area contributed by atoms with Crippen molar-refractivity contribution in [1.29, 1.82) is 0 Å². The SMILES string of the molecule is O=C(CSc1cccc2cccnc12)N/N=C\c1ccc(F)cc1F. The van der Waals surface area contributed by atoms with Crippen LogP contribution in [-0.4, -0.2) is 22.9 Å². The van der Waals surface area contributed by atoms with Crippen LogP contribution < -0.4 is 5.43 Å². The summed E-state index contributed by atoms with van der Waals surface area (Å²) in [5.41, 5.74) is 3.24. The molecule has 0 atom stereocenters. The average molecular weight is 357 g/mol. The maximum Gasteiger partial charge on any atom is 0.250 e. The number of para-hydroxylation sites is 1. The zero-order valence-corrected chi connectivity index (χ0v) is 13.8. The van der Waals surface area contributed by atoms with Gasteiger partial charge in [-0.2, -0.15) is 5.10 Å². The first-order chi connectivity index (χ1) is 12.1. The van der Waals surface area contributed by atoms with Crippen molar-refractivity contribution in [1.82, 2.24) is 10.4 Å². The van der Waals surface area contributed by atoms with E-state index in [4.69, 9.17) is 0 Å². The van der Waals surface area contributed by atoms with Crippen LogP contribution in [0, 0.1) is 11.6 Å². The molecule has 4 nitrogen and oxygen atoms in total. The van der Waals surface area contributed by atoms with Gasteiger partial charge in [0, 0.05) is 28.1 Å². The monoisotopic (exact) mass is 357 g/mol. The second-order valence-electron chi connectivity index (χ2n) is 5.08. The number of carbonyl (C=O) groups is 1. The highest BCUT2D eigenvalue weighted by molar-refractivity contribution is 8.00. The highest BCUT2D eigenvalue weighted by Crippen LogP contribution is 2.25. The normalized spacial score (nSPS) is 11.1. The molecular formula is C18H13F2N3OS. The Morgan fingerprint density at radius 3 is 2.88 bits per heavy atom. The predicted molar refractivity (Wildman–Crippen MR) is 94.6 cm³/mol. The van der Waals surface area contributed by atoms with Crippen LogP contribution in [-0.2, 0) is 4.79 Å². The Hall–Kier alpha value is -2.80. The molecule has 0 radical (unpaired) electrons. The summed E-state index contributed by atoms with van der Waals surface area (Å²) in [7, 11) is 0. The fourth-order valence-corrected chi connectivity index (χ4v) is 2.98. The van der Waals surface area contributed by atoms with Gasteiger partial charge in [-0.25, -0.2) is 14.2 Å². The number of hydrogen-bond donors (Lipinski definition) is 1. The number of aromatic nitrogens is 1. The number of hydrazone groups is 1. The molecule has 0 aliphatic carbocycles. The molecule has 0 bridgehead atoms. The van der Waals surface area contributed by atoms with Crippen molar-refractivity contribution >= 4 is 34.8 Å². The molecule has 3 rings (SSSR count). The highest BCUT2D eigenvalue weighted by Gasteiger charge is 2.06. The van der Waals surface area contributed by atoms with E-state index in [9.17, 15) is 13.6 Å². The lowest BCUT2D eigenvalue weighted by Crippen LogP contribution is -2.19. The van der Waals surface area contributed by atoms with E-state index in [2.05, 4.69) is 15.5 Å². The molecule has 0 saturated heterocycles. The molecule has 0 aliphatic rings. The number of halogens is 2. The Morgan fingerprint density at radius 2 is 2.04 bits per heavy atom. The molecule has 1 amide bonds. The van der Waals surface area contributed by atoms with Crippen molar-refractivity contribution in [2.75, 3.05) is 5.75 Å². The van der Waals surface area contributed by atoms with Gasteiger partial charge < -0.3 is 0 Å². The maximum atomic E-state index is 13.4. The van der Waals surface area contributed by atoms with Gasteiger partial charge >= 0.3 is 0 Å². The van der Waals surface area contributed by atoms with E-state index in [1.807, 2.05) is 30.3 Å². The minimum Gasteiger partial charge on any atom is -0.272 e. The summed E-state index contributed by atoms with van der Waals surface area (Å²) in [6.07, 6.45) is 2.84. The zero-order valence-electron chi connectivity index (χ0n) is 12.9. The van der Waals surface area contributed by atoms with E-state index < -0.39 is 11.6 Å². The van der Waals surface area contributed by atoms with Gasteiger partial charge in [-0.05, 0) is 24.3 Å². The lowest BCUT2D eigenvalue weighted by Gasteiger charge is -2.04. The lowest BCUT2D eigenvalue weighted by atomic mass is 10.2. The molecule has 25 heavy (non-hydrogen) atoms. The summed E-state index contributed by atoms with van der Waals surface area (Å²) in [6, 6.07) is 12.7. The second kappa shape index (κ2) is 7.85. The number of pyridine rings is 1. The van der Waals surface area contributed by atoms with Crippen molar-refractivity contribution < 1.29 is 13.6 Å². The molecule has 0 unspecified atom stereocenters. The smallest absolute Gasteiger partial charge is 0.250 e. The number of hydrogen-bond acceptors (Lipinski definition) is 4. The molecule has 126 valence electrons. The van der Waals surface area contributed by atoms with Gasteiger partial charge in [-0.3, -0.25) is 9.78 Å². The first kappa shape index (κ1) is 17.0. The van der Waals surface area contributed by atoms with Crippen LogP contribution in [0.4, 0.5) is 8.78 Å². The maximum absolute atomic E-state index is 13.4. The summed E-state index contributed by atoms with van der Waals surface area (Å²) in [4.78, 5) is 17.1. The van der Waals surface area contributed by atoms with Crippen molar-refractivity contribution in [3.63, 3.8) is 0 Å². The third-order valence-electron chi connectivity index (χ3n) is 3.31. The minimum atomic E-state index is -0.741. The molecule has 1 aromatic heterocycles. The largest absolute Gasteiger partial charge is 0.272 e.